The maximum absolute atomic E-state index is 12.6. The molecule has 0 radical (unpaired) electrons. The lowest BCUT2D eigenvalue weighted by molar-refractivity contribution is -0.120. The number of aromatic nitrogens is 4. The molecule has 0 saturated carbocycles. The van der Waals surface area contributed by atoms with Gasteiger partial charge in [-0.15, -0.1) is 0 Å². The molecule has 1 aromatic carbocycles. The molecule has 1 amide bonds. The highest BCUT2D eigenvalue weighted by Gasteiger charge is 2.26. The van der Waals surface area contributed by atoms with Crippen molar-refractivity contribution in [3.8, 4) is 11.6 Å². The second-order valence-corrected chi connectivity index (χ2v) is 7.92. The highest BCUT2D eigenvalue weighted by Crippen LogP contribution is 2.29. The number of piperidine rings is 1. The summed E-state index contributed by atoms with van der Waals surface area (Å²) in [6.07, 6.45) is 4.79. The van der Waals surface area contributed by atoms with Gasteiger partial charge in [-0.3, -0.25) is 9.78 Å². The fourth-order valence-electron chi connectivity index (χ4n) is 3.67. The number of hydrogen-bond donors (Lipinski definition) is 2. The normalized spacial score (nSPS) is 14.7. The van der Waals surface area contributed by atoms with Crippen LogP contribution in [0.5, 0.6) is 5.75 Å². The second kappa shape index (κ2) is 8.31. The molecule has 2 N–H and O–H groups in total. The number of benzene rings is 1. The maximum Gasteiger partial charge on any atom is 0.227 e. The Morgan fingerprint density at radius 2 is 1.90 bits per heavy atom. The number of amides is 1. The van der Waals surface area contributed by atoms with Crippen molar-refractivity contribution in [3.63, 3.8) is 0 Å². The van der Waals surface area contributed by atoms with Crippen LogP contribution in [0.25, 0.3) is 5.82 Å². The molecule has 1 aliphatic rings. The van der Waals surface area contributed by atoms with Crippen molar-refractivity contribution in [1.82, 2.24) is 19.7 Å². The number of halogens is 1. The number of rotatable bonds is 4. The van der Waals surface area contributed by atoms with E-state index in [1.807, 2.05) is 19.9 Å². The Kier molecular flexibility index (Phi) is 5.59. The first-order chi connectivity index (χ1) is 14.4. The number of nitrogens with one attached hydrogen (secondary N) is 1. The van der Waals surface area contributed by atoms with Gasteiger partial charge in [-0.25, -0.2) is 9.67 Å². The van der Waals surface area contributed by atoms with Gasteiger partial charge in [-0.1, -0.05) is 11.6 Å². The van der Waals surface area contributed by atoms with E-state index in [0.29, 0.717) is 42.5 Å². The smallest absolute Gasteiger partial charge is 0.227 e. The predicted octanol–water partition coefficient (Wildman–Crippen LogP) is 3.49. The van der Waals surface area contributed by atoms with E-state index in [1.54, 1.807) is 29.2 Å². The van der Waals surface area contributed by atoms with Crippen molar-refractivity contribution < 1.29 is 9.90 Å². The Morgan fingerprint density at radius 3 is 2.60 bits per heavy atom. The lowest BCUT2D eigenvalue weighted by Gasteiger charge is -2.32. The monoisotopic (exact) mass is 426 g/mol. The summed E-state index contributed by atoms with van der Waals surface area (Å²) in [5, 5.41) is 17.6. The van der Waals surface area contributed by atoms with Gasteiger partial charge in [0.2, 0.25) is 5.91 Å². The molecule has 2 aromatic heterocycles. The Balaban J connectivity index is 1.41. The summed E-state index contributed by atoms with van der Waals surface area (Å²) in [7, 11) is 0. The van der Waals surface area contributed by atoms with E-state index < -0.39 is 0 Å². The number of hydrogen-bond acceptors (Lipinski definition) is 6. The van der Waals surface area contributed by atoms with Crippen molar-refractivity contribution in [3.05, 3.63) is 53.1 Å². The molecule has 3 heterocycles. The molecule has 1 fully saturated rings. The minimum absolute atomic E-state index is 0.00132. The van der Waals surface area contributed by atoms with E-state index in [2.05, 4.69) is 20.3 Å². The second-order valence-electron chi connectivity index (χ2n) is 7.49. The number of phenolic OH excluding ortho intramolecular Hbond substituents is 1. The SMILES string of the molecule is Cc1cc(C)n(-c2cncc(N3CCC(C(=O)Nc4cc(Cl)ccc4O)CC3)n2)n1. The fourth-order valence-corrected chi connectivity index (χ4v) is 3.85. The standard InChI is InChI=1S/C21H23ClN6O2/c1-13-9-14(2)28(26-13)20-12-23-11-19(25-20)27-7-5-15(6-8-27)21(30)24-17-10-16(22)3-4-18(17)29/h3-4,9-12,15,29H,5-8H2,1-2H3,(H,24,30). The molecule has 0 unspecified atom stereocenters. The number of carbonyl (C=O) groups is 1. The number of anilines is 2. The third-order valence-electron chi connectivity index (χ3n) is 5.24. The molecule has 30 heavy (non-hydrogen) atoms. The quantitative estimate of drug-likeness (QED) is 0.620. The Hall–Kier alpha value is -3.13. The topological polar surface area (TPSA) is 96.2 Å². The summed E-state index contributed by atoms with van der Waals surface area (Å²) in [6, 6.07) is 6.58. The van der Waals surface area contributed by atoms with Gasteiger partial charge >= 0.3 is 0 Å². The van der Waals surface area contributed by atoms with E-state index in [0.717, 1.165) is 17.2 Å². The van der Waals surface area contributed by atoms with Crippen LogP contribution in [0.4, 0.5) is 11.5 Å². The van der Waals surface area contributed by atoms with Gasteiger partial charge in [0.15, 0.2) is 5.82 Å². The van der Waals surface area contributed by atoms with Crippen LogP contribution in [0.15, 0.2) is 36.7 Å². The van der Waals surface area contributed by atoms with Crippen LogP contribution in [-0.2, 0) is 4.79 Å². The maximum atomic E-state index is 12.6. The zero-order chi connectivity index (χ0) is 21.3. The molecule has 3 aromatic rings. The van der Waals surface area contributed by atoms with Crippen molar-refractivity contribution >= 4 is 29.0 Å². The van der Waals surface area contributed by atoms with Crippen LogP contribution >= 0.6 is 11.6 Å². The van der Waals surface area contributed by atoms with E-state index in [1.165, 1.54) is 6.07 Å². The van der Waals surface area contributed by atoms with E-state index in [-0.39, 0.29) is 17.6 Å². The molecule has 8 nitrogen and oxygen atoms in total. The minimum Gasteiger partial charge on any atom is -0.506 e. The molecule has 1 aliphatic heterocycles. The molecular weight excluding hydrogens is 404 g/mol. The molecule has 0 aliphatic carbocycles. The number of aryl methyl sites for hydroxylation is 2. The van der Waals surface area contributed by atoms with Gasteiger partial charge in [0.1, 0.15) is 11.6 Å². The summed E-state index contributed by atoms with van der Waals surface area (Å²) in [4.78, 5) is 23.8. The first-order valence-electron chi connectivity index (χ1n) is 9.81. The van der Waals surface area contributed by atoms with Crippen LogP contribution in [-0.4, -0.2) is 43.9 Å². The molecule has 1 saturated heterocycles. The zero-order valence-corrected chi connectivity index (χ0v) is 17.6. The fraction of sp³-hybridized carbons (Fsp3) is 0.333. The summed E-state index contributed by atoms with van der Waals surface area (Å²) in [5.74, 6) is 1.18. The largest absolute Gasteiger partial charge is 0.506 e. The number of phenols is 1. The van der Waals surface area contributed by atoms with Crippen molar-refractivity contribution in [2.75, 3.05) is 23.3 Å². The molecular formula is C21H23ClN6O2. The van der Waals surface area contributed by atoms with E-state index in [4.69, 9.17) is 16.6 Å². The molecule has 0 bridgehead atoms. The summed E-state index contributed by atoms with van der Waals surface area (Å²) < 4.78 is 1.78. The van der Waals surface area contributed by atoms with Gasteiger partial charge < -0.3 is 15.3 Å². The molecule has 0 atom stereocenters. The predicted molar refractivity (Wildman–Crippen MR) is 115 cm³/mol. The first-order valence-corrected chi connectivity index (χ1v) is 10.2. The van der Waals surface area contributed by atoms with Gasteiger partial charge in [0.05, 0.1) is 23.8 Å². The lowest BCUT2D eigenvalue weighted by atomic mass is 9.96. The van der Waals surface area contributed by atoms with Crippen LogP contribution < -0.4 is 10.2 Å². The minimum atomic E-state index is -0.146. The van der Waals surface area contributed by atoms with Gasteiger partial charge in [-0.05, 0) is 51.0 Å². The Morgan fingerprint density at radius 1 is 1.17 bits per heavy atom. The zero-order valence-electron chi connectivity index (χ0n) is 16.8. The number of aromatic hydroxyl groups is 1. The van der Waals surface area contributed by atoms with Crippen molar-refractivity contribution in [2.24, 2.45) is 5.92 Å². The van der Waals surface area contributed by atoms with Crippen molar-refractivity contribution in [1.29, 1.82) is 0 Å². The summed E-state index contributed by atoms with van der Waals surface area (Å²) in [6.45, 7) is 5.31. The Bertz CT molecular complexity index is 1080. The average molecular weight is 427 g/mol. The van der Waals surface area contributed by atoms with E-state index in [9.17, 15) is 9.90 Å². The number of carbonyl (C=O) groups excluding carboxylic acids is 1. The molecule has 4 rings (SSSR count). The Labute approximate surface area is 179 Å². The highest BCUT2D eigenvalue weighted by molar-refractivity contribution is 6.31. The van der Waals surface area contributed by atoms with Gasteiger partial charge in [-0.2, -0.15) is 5.10 Å². The van der Waals surface area contributed by atoms with Crippen LogP contribution in [0, 0.1) is 19.8 Å². The van der Waals surface area contributed by atoms with Crippen molar-refractivity contribution in [2.45, 2.75) is 26.7 Å². The van der Waals surface area contributed by atoms with Crippen LogP contribution in [0.3, 0.4) is 0 Å². The molecule has 156 valence electrons. The van der Waals surface area contributed by atoms with Crippen LogP contribution in [0.2, 0.25) is 5.02 Å². The average Bonchev–Trinajstić information content (AvgIpc) is 3.09. The first kappa shape index (κ1) is 20.2. The van der Waals surface area contributed by atoms with Gasteiger partial charge in [0, 0.05) is 29.7 Å². The lowest BCUT2D eigenvalue weighted by Crippen LogP contribution is -2.38. The van der Waals surface area contributed by atoms with E-state index >= 15 is 0 Å². The third-order valence-corrected chi connectivity index (χ3v) is 5.48. The molecule has 9 heteroatoms. The third kappa shape index (κ3) is 4.23. The summed E-state index contributed by atoms with van der Waals surface area (Å²) >= 11 is 5.95. The summed E-state index contributed by atoms with van der Waals surface area (Å²) in [5.41, 5.74) is 2.26. The van der Waals surface area contributed by atoms with Gasteiger partial charge in [0.25, 0.3) is 0 Å². The molecule has 0 spiro atoms. The van der Waals surface area contributed by atoms with Crippen LogP contribution in [0.1, 0.15) is 24.2 Å². The number of nitrogens with zero attached hydrogens (tertiary/aromatic N) is 5. The highest BCUT2D eigenvalue weighted by atomic mass is 35.5.